The number of fused-ring (bicyclic) bond motifs is 1. The van der Waals surface area contributed by atoms with Crippen molar-refractivity contribution in [3.63, 3.8) is 0 Å². The average molecular weight is 535 g/mol. The first-order valence-electron chi connectivity index (χ1n) is 14.7. The number of amides is 1. The van der Waals surface area contributed by atoms with Gasteiger partial charge in [-0.3, -0.25) is 9.59 Å². The largest absolute Gasteiger partial charge is 0.494 e. The second kappa shape index (κ2) is 9.59. The van der Waals surface area contributed by atoms with Crippen LogP contribution in [-0.4, -0.2) is 99.8 Å². The lowest BCUT2D eigenvalue weighted by atomic mass is 10.1. The first-order chi connectivity index (χ1) is 21.4. The molecule has 0 spiro atoms. The zero-order chi connectivity index (χ0) is 32.2. The fourth-order valence-electron chi connectivity index (χ4n) is 4.30. The van der Waals surface area contributed by atoms with Gasteiger partial charge in [-0.15, -0.1) is 0 Å². The normalized spacial score (nSPS) is 16.3. The molecular weight excluding hydrogens is 504 g/mol. The van der Waals surface area contributed by atoms with Crippen LogP contribution in [0.4, 0.5) is 5.95 Å². The standard InChI is InChI=1S/C24H24N12O3/c1-14-4-5-18(25-10-14)36-24(29-31-32-36)34-8-6-33(7-9-34)23(38)21(37)16-11-26-20-19(16)17(39-3)12-27-22(20)35-13-28-15(2)30-35/h4-5,10-13,26H,6-9H2,1-3H3/i2D3,4D,5D,10D. The lowest BCUT2D eigenvalue weighted by Crippen LogP contribution is -2.51. The van der Waals surface area contributed by atoms with Crippen molar-refractivity contribution in [2.24, 2.45) is 0 Å². The molecule has 0 aromatic carbocycles. The average Bonchev–Trinajstić information content (AvgIpc) is 3.81. The number of aromatic nitrogens is 10. The van der Waals surface area contributed by atoms with Gasteiger partial charge in [-0.2, -0.15) is 9.78 Å². The number of nitrogens with zero attached hydrogens (tertiary/aromatic N) is 11. The molecule has 6 heterocycles. The molecule has 39 heavy (non-hydrogen) atoms. The van der Waals surface area contributed by atoms with Crippen molar-refractivity contribution in [3.05, 3.63) is 53.9 Å². The van der Waals surface area contributed by atoms with Crippen LogP contribution in [0.1, 0.15) is 30.0 Å². The molecule has 1 aliphatic rings. The van der Waals surface area contributed by atoms with Gasteiger partial charge in [-0.25, -0.2) is 19.6 Å². The fourth-order valence-corrected chi connectivity index (χ4v) is 4.30. The fraction of sp³-hybridized carbons (Fsp3) is 0.292. The highest BCUT2D eigenvalue weighted by molar-refractivity contribution is 6.45. The van der Waals surface area contributed by atoms with Gasteiger partial charge in [0, 0.05) is 42.7 Å². The number of ether oxygens (including phenoxy) is 1. The van der Waals surface area contributed by atoms with Crippen molar-refractivity contribution in [3.8, 4) is 17.4 Å². The highest BCUT2D eigenvalue weighted by atomic mass is 16.5. The van der Waals surface area contributed by atoms with Crippen molar-refractivity contribution in [2.45, 2.75) is 13.8 Å². The molecule has 5 aromatic rings. The number of aryl methyl sites for hydroxylation is 1. The molecule has 0 bridgehead atoms. The van der Waals surface area contributed by atoms with Gasteiger partial charge in [0.25, 0.3) is 17.6 Å². The van der Waals surface area contributed by atoms with Crippen LogP contribution in [-0.2, 0) is 4.79 Å². The number of carbonyl (C=O) groups excluding carboxylic acids is 2. The summed E-state index contributed by atoms with van der Waals surface area (Å²) in [6.07, 6.45) is 3.72. The van der Waals surface area contributed by atoms with E-state index in [2.05, 4.69) is 40.6 Å². The predicted octanol–water partition coefficient (Wildman–Crippen LogP) is 0.671. The quantitative estimate of drug-likeness (QED) is 0.240. The number of pyridine rings is 2. The van der Waals surface area contributed by atoms with Gasteiger partial charge in [-0.1, -0.05) is 11.1 Å². The van der Waals surface area contributed by atoms with E-state index >= 15 is 0 Å². The maximum absolute atomic E-state index is 13.5. The number of carbonyl (C=O) groups is 2. The van der Waals surface area contributed by atoms with E-state index in [4.69, 9.17) is 13.0 Å². The van der Waals surface area contributed by atoms with Crippen molar-refractivity contribution in [1.29, 1.82) is 0 Å². The second-order valence-corrected chi connectivity index (χ2v) is 8.54. The Bertz CT molecular complexity index is 1960. The first-order valence-corrected chi connectivity index (χ1v) is 11.7. The number of piperazine rings is 1. The molecule has 15 nitrogen and oxygen atoms in total. The number of anilines is 1. The Labute approximate surface area is 229 Å². The van der Waals surface area contributed by atoms with Crippen LogP contribution in [0.5, 0.6) is 5.75 Å². The highest BCUT2D eigenvalue weighted by Gasteiger charge is 2.31. The van der Waals surface area contributed by atoms with Crippen molar-refractivity contribution in [1.82, 2.24) is 54.8 Å². The van der Waals surface area contributed by atoms with Gasteiger partial charge in [0.15, 0.2) is 11.6 Å². The summed E-state index contributed by atoms with van der Waals surface area (Å²) in [6, 6.07) is -0.385. The van der Waals surface area contributed by atoms with Crippen LogP contribution in [0, 0.1) is 13.8 Å². The Kier molecular flexibility index (Phi) is 4.45. The Morgan fingerprint density at radius 2 is 2.00 bits per heavy atom. The summed E-state index contributed by atoms with van der Waals surface area (Å²) in [5, 5.41) is 15.9. The highest BCUT2D eigenvalue weighted by Crippen LogP contribution is 2.32. The van der Waals surface area contributed by atoms with Crippen molar-refractivity contribution < 1.29 is 22.6 Å². The third-order valence-corrected chi connectivity index (χ3v) is 6.22. The van der Waals surface area contributed by atoms with E-state index in [-0.39, 0.29) is 95.6 Å². The Morgan fingerprint density at radius 1 is 1.15 bits per heavy atom. The molecule has 198 valence electrons. The van der Waals surface area contributed by atoms with Gasteiger partial charge < -0.3 is 19.5 Å². The lowest BCUT2D eigenvalue weighted by molar-refractivity contribution is -0.126. The van der Waals surface area contributed by atoms with Crippen LogP contribution in [0.15, 0.2) is 37.0 Å². The predicted molar refractivity (Wildman–Crippen MR) is 137 cm³/mol. The summed E-state index contributed by atoms with van der Waals surface area (Å²) in [7, 11) is 1.39. The van der Waals surface area contributed by atoms with E-state index in [9.17, 15) is 9.59 Å². The van der Waals surface area contributed by atoms with Gasteiger partial charge in [0.1, 0.15) is 17.9 Å². The number of hydrogen-bond donors (Lipinski definition) is 1. The van der Waals surface area contributed by atoms with Crippen molar-refractivity contribution in [2.75, 3.05) is 38.2 Å². The topological polar surface area (TPSA) is 166 Å². The summed E-state index contributed by atoms with van der Waals surface area (Å²) in [6.45, 7) is -0.233. The number of Topliss-reactive ketones (excluding diaryl/α,β-unsaturated/α-hetero) is 1. The van der Waals surface area contributed by atoms with Crippen LogP contribution < -0.4 is 9.64 Å². The molecule has 5 aromatic heterocycles. The van der Waals surface area contributed by atoms with Crippen LogP contribution >= 0.6 is 0 Å². The molecule has 0 unspecified atom stereocenters. The number of hydrogen-bond acceptors (Lipinski definition) is 11. The Hall–Kier alpha value is -5.21. The van der Waals surface area contributed by atoms with Gasteiger partial charge >= 0.3 is 0 Å². The molecule has 0 saturated carbocycles. The molecule has 1 amide bonds. The molecule has 1 fully saturated rings. The van der Waals surface area contributed by atoms with Crippen LogP contribution in [0.2, 0.25) is 0 Å². The van der Waals surface area contributed by atoms with Gasteiger partial charge in [0.05, 0.1) is 33.9 Å². The van der Waals surface area contributed by atoms with Crippen LogP contribution in [0.3, 0.4) is 0 Å². The van der Waals surface area contributed by atoms with Gasteiger partial charge in [0.2, 0.25) is 0 Å². The molecular formula is C24H24N12O3. The first kappa shape index (κ1) is 18.1. The summed E-state index contributed by atoms with van der Waals surface area (Å²) < 4.78 is 54.8. The van der Waals surface area contributed by atoms with E-state index in [0.717, 1.165) is 4.68 Å². The Morgan fingerprint density at radius 3 is 2.77 bits per heavy atom. The maximum Gasteiger partial charge on any atom is 0.295 e. The van der Waals surface area contributed by atoms with Crippen molar-refractivity contribution >= 4 is 28.5 Å². The molecule has 0 aliphatic carbocycles. The van der Waals surface area contributed by atoms with E-state index in [0.29, 0.717) is 0 Å². The van der Waals surface area contributed by atoms with E-state index in [1.54, 1.807) is 4.90 Å². The third-order valence-electron chi connectivity index (χ3n) is 6.22. The number of H-pyrrole nitrogens is 1. The molecule has 1 aliphatic heterocycles. The maximum atomic E-state index is 13.5. The minimum Gasteiger partial charge on any atom is -0.494 e. The zero-order valence-electron chi connectivity index (χ0n) is 26.7. The lowest BCUT2D eigenvalue weighted by Gasteiger charge is -2.34. The van der Waals surface area contributed by atoms with Gasteiger partial charge in [-0.05, 0) is 35.8 Å². The monoisotopic (exact) mass is 534 g/mol. The Balaban J connectivity index is 1.23. The zero-order valence-corrected chi connectivity index (χ0v) is 20.7. The minimum atomic E-state index is -2.53. The molecule has 15 heteroatoms. The second-order valence-electron chi connectivity index (χ2n) is 8.54. The summed E-state index contributed by atoms with van der Waals surface area (Å²) in [4.78, 5) is 45.2. The van der Waals surface area contributed by atoms with Crippen LogP contribution in [0.25, 0.3) is 22.5 Å². The SMILES string of the molecule is [2H]c1nc(-n2nnnc2N2CCN(C(=O)C(=O)c3c[nH]c4c(-n5cnc(C([2H])([2H])[2H])n5)ncc(OC)c34)CC2)c([2H])c([2H])c1C. The molecule has 6 rings (SSSR count). The van der Waals surface area contributed by atoms with E-state index in [1.807, 2.05) is 0 Å². The number of aromatic amines is 1. The molecule has 0 atom stereocenters. The third kappa shape index (κ3) is 4.22. The number of rotatable bonds is 6. The number of methoxy groups -OCH3 is 1. The van der Waals surface area contributed by atoms with E-state index in [1.165, 1.54) is 42.3 Å². The summed E-state index contributed by atoms with van der Waals surface area (Å²) >= 11 is 0. The molecule has 1 N–H and O–H groups in total. The summed E-state index contributed by atoms with van der Waals surface area (Å²) in [5.41, 5.74) is 0.578. The summed E-state index contributed by atoms with van der Waals surface area (Å²) in [5.74, 6) is -1.42. The number of ketones is 1. The molecule has 1 saturated heterocycles. The molecule has 0 radical (unpaired) electrons. The number of tetrazole rings is 1. The minimum absolute atomic E-state index is 0.0313. The number of nitrogens with one attached hydrogen (secondary N) is 1. The smallest absolute Gasteiger partial charge is 0.295 e. The van der Waals surface area contributed by atoms with E-state index < -0.39 is 18.5 Å².